The molecule has 1 nitrogen and oxygen atoms in total. The van der Waals surface area contributed by atoms with Crippen molar-refractivity contribution in [2.75, 3.05) is 5.32 Å². The second kappa shape index (κ2) is 5.43. The summed E-state index contributed by atoms with van der Waals surface area (Å²) in [6.45, 7) is 0. The van der Waals surface area contributed by atoms with Gasteiger partial charge in [-0.1, -0.05) is 30.7 Å². The van der Waals surface area contributed by atoms with E-state index < -0.39 is 0 Å². The molecule has 0 saturated heterocycles. The lowest BCUT2D eigenvalue weighted by molar-refractivity contribution is 0.626. The van der Waals surface area contributed by atoms with Gasteiger partial charge < -0.3 is 5.32 Å². The number of anilines is 1. The van der Waals surface area contributed by atoms with Gasteiger partial charge in [0.25, 0.3) is 0 Å². The van der Waals surface area contributed by atoms with Gasteiger partial charge in [-0.05, 0) is 54.7 Å². The van der Waals surface area contributed by atoms with Gasteiger partial charge in [-0.2, -0.15) is 0 Å². The number of benzene rings is 2. The Labute approximate surface area is 113 Å². The molecule has 0 aliphatic heterocycles. The third kappa shape index (κ3) is 2.78. The van der Waals surface area contributed by atoms with Crippen LogP contribution in [0.25, 0.3) is 0 Å². The van der Waals surface area contributed by atoms with Crippen LogP contribution in [0, 0.1) is 5.82 Å². The van der Waals surface area contributed by atoms with Gasteiger partial charge in [0.1, 0.15) is 5.82 Å². The van der Waals surface area contributed by atoms with Gasteiger partial charge >= 0.3 is 0 Å². The van der Waals surface area contributed by atoms with Crippen LogP contribution in [0.1, 0.15) is 36.4 Å². The van der Waals surface area contributed by atoms with Gasteiger partial charge in [-0.15, -0.1) is 0 Å². The van der Waals surface area contributed by atoms with Crippen molar-refractivity contribution in [1.82, 2.24) is 0 Å². The van der Waals surface area contributed by atoms with Crippen LogP contribution in [-0.2, 0) is 6.42 Å². The fourth-order valence-electron chi connectivity index (χ4n) is 2.82. The number of hydrogen-bond donors (Lipinski definition) is 1. The van der Waals surface area contributed by atoms with E-state index in [1.165, 1.54) is 36.1 Å². The molecule has 0 aromatic heterocycles. The third-order valence-electron chi connectivity index (χ3n) is 3.80. The number of aryl methyl sites for hydroxylation is 1. The van der Waals surface area contributed by atoms with Crippen LogP contribution in [0.2, 0.25) is 0 Å². The molecule has 1 aliphatic rings. The molecule has 0 amide bonds. The van der Waals surface area contributed by atoms with Crippen LogP contribution >= 0.6 is 0 Å². The van der Waals surface area contributed by atoms with E-state index in [4.69, 9.17) is 0 Å². The number of fused-ring (bicyclic) bond motifs is 1. The summed E-state index contributed by atoms with van der Waals surface area (Å²) in [5, 5.41) is 3.54. The number of halogens is 1. The molecule has 0 spiro atoms. The molecule has 0 heterocycles. The third-order valence-corrected chi connectivity index (χ3v) is 3.80. The average molecular weight is 255 g/mol. The first kappa shape index (κ1) is 12.2. The zero-order valence-electron chi connectivity index (χ0n) is 10.9. The molecule has 2 heteroatoms. The first-order valence-electron chi connectivity index (χ1n) is 6.93. The second-order valence-corrected chi connectivity index (χ2v) is 5.15. The Bertz CT molecular complexity index is 547. The molecule has 98 valence electrons. The maximum atomic E-state index is 12.9. The van der Waals surface area contributed by atoms with Gasteiger partial charge in [-0.25, -0.2) is 4.39 Å². The van der Waals surface area contributed by atoms with E-state index in [1.54, 1.807) is 0 Å². The smallest absolute Gasteiger partial charge is 0.123 e. The standard InChI is InChI=1S/C17H18FN/c18-14-9-11-15(12-10-14)19-17-8-4-2-6-13-5-1-3-7-16(13)17/h1,3,5,7,9-12,17,19H,2,4,6,8H2. The van der Waals surface area contributed by atoms with Crippen molar-refractivity contribution in [3.05, 3.63) is 65.5 Å². The van der Waals surface area contributed by atoms with E-state index in [1.807, 2.05) is 12.1 Å². The van der Waals surface area contributed by atoms with E-state index in [0.29, 0.717) is 6.04 Å². The minimum absolute atomic E-state index is 0.188. The monoisotopic (exact) mass is 255 g/mol. The lowest BCUT2D eigenvalue weighted by Crippen LogP contribution is -2.11. The van der Waals surface area contributed by atoms with E-state index in [2.05, 4.69) is 29.6 Å². The molecule has 0 saturated carbocycles. The van der Waals surface area contributed by atoms with Gasteiger partial charge in [0.05, 0.1) is 6.04 Å². The zero-order valence-corrected chi connectivity index (χ0v) is 10.9. The summed E-state index contributed by atoms with van der Waals surface area (Å²) >= 11 is 0. The number of rotatable bonds is 2. The van der Waals surface area contributed by atoms with Crippen molar-refractivity contribution in [2.24, 2.45) is 0 Å². The Balaban J connectivity index is 1.86. The predicted molar refractivity (Wildman–Crippen MR) is 76.8 cm³/mol. The number of nitrogens with one attached hydrogen (secondary N) is 1. The Hall–Kier alpha value is -1.83. The maximum Gasteiger partial charge on any atom is 0.123 e. The van der Waals surface area contributed by atoms with Crippen LogP contribution in [0.3, 0.4) is 0 Å². The number of hydrogen-bond acceptors (Lipinski definition) is 1. The average Bonchev–Trinajstić information content (AvgIpc) is 2.64. The van der Waals surface area contributed by atoms with Gasteiger partial charge in [0, 0.05) is 5.69 Å². The maximum absolute atomic E-state index is 12.9. The van der Waals surface area contributed by atoms with Gasteiger partial charge in [-0.3, -0.25) is 0 Å². The fraction of sp³-hybridized carbons (Fsp3) is 0.294. The molecule has 1 unspecified atom stereocenters. The van der Waals surface area contributed by atoms with Crippen LogP contribution < -0.4 is 5.32 Å². The van der Waals surface area contributed by atoms with E-state index >= 15 is 0 Å². The van der Waals surface area contributed by atoms with Crippen molar-refractivity contribution < 1.29 is 4.39 Å². The molecule has 1 atom stereocenters. The highest BCUT2D eigenvalue weighted by Gasteiger charge is 2.17. The Morgan fingerprint density at radius 3 is 2.58 bits per heavy atom. The van der Waals surface area contributed by atoms with Gasteiger partial charge in [0.2, 0.25) is 0 Å². The van der Waals surface area contributed by atoms with Crippen LogP contribution in [0.15, 0.2) is 48.5 Å². The summed E-state index contributed by atoms with van der Waals surface area (Å²) in [6.07, 6.45) is 4.78. The minimum atomic E-state index is -0.188. The Morgan fingerprint density at radius 1 is 0.947 bits per heavy atom. The Kier molecular flexibility index (Phi) is 3.49. The van der Waals surface area contributed by atoms with Crippen molar-refractivity contribution >= 4 is 5.69 Å². The van der Waals surface area contributed by atoms with Crippen molar-refractivity contribution in [1.29, 1.82) is 0 Å². The molecule has 2 aromatic carbocycles. The highest BCUT2D eigenvalue weighted by molar-refractivity contribution is 5.46. The molecule has 3 rings (SSSR count). The topological polar surface area (TPSA) is 12.0 Å². The van der Waals surface area contributed by atoms with Crippen molar-refractivity contribution in [3.63, 3.8) is 0 Å². The summed E-state index contributed by atoms with van der Waals surface area (Å²) in [5.74, 6) is -0.188. The lowest BCUT2D eigenvalue weighted by Gasteiger charge is -2.20. The quantitative estimate of drug-likeness (QED) is 0.767. The van der Waals surface area contributed by atoms with Crippen LogP contribution in [0.5, 0.6) is 0 Å². The van der Waals surface area contributed by atoms with E-state index in [9.17, 15) is 4.39 Å². The minimum Gasteiger partial charge on any atom is -0.378 e. The molecule has 1 aliphatic carbocycles. The predicted octanol–water partition coefficient (Wildman–Crippen LogP) is 4.71. The highest BCUT2D eigenvalue weighted by Crippen LogP contribution is 2.31. The van der Waals surface area contributed by atoms with Crippen molar-refractivity contribution in [3.8, 4) is 0 Å². The SMILES string of the molecule is Fc1ccc(NC2CCCCc3ccccc32)cc1. The summed E-state index contributed by atoms with van der Waals surface area (Å²) in [5.41, 5.74) is 3.83. The summed E-state index contributed by atoms with van der Waals surface area (Å²) in [6, 6.07) is 15.6. The summed E-state index contributed by atoms with van der Waals surface area (Å²) < 4.78 is 12.9. The van der Waals surface area contributed by atoms with Crippen LogP contribution in [0.4, 0.5) is 10.1 Å². The molecule has 1 N–H and O–H groups in total. The molecule has 19 heavy (non-hydrogen) atoms. The first-order valence-corrected chi connectivity index (χ1v) is 6.93. The van der Waals surface area contributed by atoms with Crippen molar-refractivity contribution in [2.45, 2.75) is 31.7 Å². The summed E-state index contributed by atoms with van der Waals surface area (Å²) in [7, 11) is 0. The zero-order chi connectivity index (χ0) is 13.1. The molecular formula is C17H18FN. The van der Waals surface area contributed by atoms with Gasteiger partial charge in [0.15, 0.2) is 0 Å². The van der Waals surface area contributed by atoms with Crippen LogP contribution in [-0.4, -0.2) is 0 Å². The normalized spacial score (nSPS) is 18.5. The second-order valence-electron chi connectivity index (χ2n) is 5.15. The molecule has 2 aromatic rings. The molecule has 0 bridgehead atoms. The van der Waals surface area contributed by atoms with E-state index in [-0.39, 0.29) is 5.82 Å². The van der Waals surface area contributed by atoms with E-state index in [0.717, 1.165) is 18.5 Å². The molecule has 0 radical (unpaired) electrons. The summed E-state index contributed by atoms with van der Waals surface area (Å²) in [4.78, 5) is 0. The first-order chi connectivity index (χ1) is 9.33. The molecular weight excluding hydrogens is 237 g/mol. The lowest BCUT2D eigenvalue weighted by atomic mass is 9.99. The fourth-order valence-corrected chi connectivity index (χ4v) is 2.82. The highest BCUT2D eigenvalue weighted by atomic mass is 19.1. The largest absolute Gasteiger partial charge is 0.378 e. The Morgan fingerprint density at radius 2 is 1.74 bits per heavy atom. The molecule has 0 fully saturated rings.